The zero-order valence-corrected chi connectivity index (χ0v) is 14.3. The molecule has 3 heterocycles. The first-order valence-corrected chi connectivity index (χ1v) is 8.24. The van der Waals surface area contributed by atoms with E-state index in [2.05, 4.69) is 15.0 Å². The van der Waals surface area contributed by atoms with Gasteiger partial charge in [0.2, 0.25) is 0 Å². The molecule has 1 fully saturated rings. The van der Waals surface area contributed by atoms with Gasteiger partial charge >= 0.3 is 5.69 Å². The van der Waals surface area contributed by atoms with Crippen molar-refractivity contribution in [2.45, 2.75) is 38.7 Å². The molecule has 3 N–H and O–H groups in total. The van der Waals surface area contributed by atoms with Gasteiger partial charge in [-0.1, -0.05) is 0 Å². The van der Waals surface area contributed by atoms with Crippen molar-refractivity contribution in [1.29, 1.82) is 0 Å². The van der Waals surface area contributed by atoms with Crippen LogP contribution in [0.25, 0.3) is 22.6 Å². The summed E-state index contributed by atoms with van der Waals surface area (Å²) in [6.45, 7) is 4.02. The number of rotatable bonds is 2. The summed E-state index contributed by atoms with van der Waals surface area (Å²) in [6.07, 6.45) is -2.74. The van der Waals surface area contributed by atoms with E-state index in [0.29, 0.717) is 11.0 Å². The molecule has 9 nitrogen and oxygen atoms in total. The van der Waals surface area contributed by atoms with E-state index in [9.17, 15) is 19.8 Å². The Balaban J connectivity index is 2.01. The Morgan fingerprint density at radius 2 is 1.96 bits per heavy atom. The van der Waals surface area contributed by atoms with Crippen molar-refractivity contribution >= 4 is 11.0 Å². The van der Waals surface area contributed by atoms with E-state index in [1.54, 1.807) is 4.57 Å². The van der Waals surface area contributed by atoms with E-state index >= 15 is 0 Å². The average molecular weight is 358 g/mol. The largest absolute Gasteiger partial charge is 0.388 e. The zero-order valence-electron chi connectivity index (χ0n) is 14.3. The average Bonchev–Trinajstić information content (AvgIpc) is 2.89. The molecular formula is C17H18N4O5. The van der Waals surface area contributed by atoms with Gasteiger partial charge in [0, 0.05) is 0 Å². The lowest BCUT2D eigenvalue weighted by Crippen LogP contribution is -2.35. The molecule has 0 amide bonds. The maximum Gasteiger partial charge on any atom is 0.349 e. The molecule has 26 heavy (non-hydrogen) atoms. The SMILES string of the molecule is Cc1cc2nc3c(=O)[nH]c(=O)nc-3n(C[C@@H]3OC[C@H](O)[C@H]3O)c2cc1C. The predicted molar refractivity (Wildman–Crippen MR) is 92.3 cm³/mol. The number of H-pyrrole nitrogens is 1. The first kappa shape index (κ1) is 16.8. The van der Waals surface area contributed by atoms with Crippen molar-refractivity contribution in [3.05, 3.63) is 44.1 Å². The molecule has 0 radical (unpaired) electrons. The number of benzene rings is 1. The Labute approximate surface area is 147 Å². The van der Waals surface area contributed by atoms with Gasteiger partial charge in [0.1, 0.15) is 18.3 Å². The molecule has 0 bridgehead atoms. The molecule has 0 aromatic heterocycles. The predicted octanol–water partition coefficient (Wildman–Crippen LogP) is -0.678. The standard InChI is InChI=1S/C17H18N4O5/c1-7-3-9-10(4-8(7)2)21(5-12-14(23)11(22)6-26-12)15-13(18-9)16(24)20-17(25)19-15/h3-4,11-12,14,22-23H,5-6H2,1-2H3,(H,20,24,25)/t11-,12-,14+/m0/s1. The number of aliphatic hydroxyl groups is 2. The molecule has 0 aliphatic carbocycles. The number of fused-ring (bicyclic) bond motifs is 2. The van der Waals surface area contributed by atoms with Crippen molar-refractivity contribution in [3.8, 4) is 11.5 Å². The fourth-order valence-electron chi connectivity index (χ4n) is 3.24. The quantitative estimate of drug-likeness (QED) is 0.518. The van der Waals surface area contributed by atoms with E-state index in [1.165, 1.54) is 0 Å². The van der Waals surface area contributed by atoms with Crippen LogP contribution in [-0.2, 0) is 11.3 Å². The summed E-state index contributed by atoms with van der Waals surface area (Å²) in [6, 6.07) is 3.74. The second-order valence-corrected chi connectivity index (χ2v) is 6.62. The van der Waals surface area contributed by atoms with Crippen LogP contribution in [0.15, 0.2) is 21.7 Å². The van der Waals surface area contributed by atoms with Crippen molar-refractivity contribution in [2.24, 2.45) is 0 Å². The summed E-state index contributed by atoms with van der Waals surface area (Å²) in [5.41, 5.74) is 1.89. The van der Waals surface area contributed by atoms with Crippen molar-refractivity contribution in [2.75, 3.05) is 6.61 Å². The molecule has 3 atom stereocenters. The molecular weight excluding hydrogens is 340 g/mol. The summed E-state index contributed by atoms with van der Waals surface area (Å²) < 4.78 is 7.11. The highest BCUT2D eigenvalue weighted by Crippen LogP contribution is 2.26. The number of hydrogen-bond acceptors (Lipinski definition) is 7. The summed E-state index contributed by atoms with van der Waals surface area (Å²) >= 11 is 0. The van der Waals surface area contributed by atoms with Crippen LogP contribution in [0.5, 0.6) is 0 Å². The highest BCUT2D eigenvalue weighted by Gasteiger charge is 2.35. The van der Waals surface area contributed by atoms with Crippen LogP contribution >= 0.6 is 0 Å². The normalized spacial score (nSPS) is 23.2. The summed E-state index contributed by atoms with van der Waals surface area (Å²) in [5, 5.41) is 19.8. The third-order valence-corrected chi connectivity index (χ3v) is 4.84. The third-order valence-electron chi connectivity index (χ3n) is 4.84. The maximum absolute atomic E-state index is 12.2. The number of ether oxygens (including phenoxy) is 1. The van der Waals surface area contributed by atoms with E-state index in [0.717, 1.165) is 11.1 Å². The molecule has 4 rings (SSSR count). The van der Waals surface area contributed by atoms with Gasteiger partial charge < -0.3 is 19.5 Å². The number of aromatic nitrogens is 4. The molecule has 1 saturated heterocycles. The number of nitrogens with one attached hydrogen (secondary N) is 1. The molecule has 136 valence electrons. The summed E-state index contributed by atoms with van der Waals surface area (Å²) in [5.74, 6) is 0.117. The number of hydrogen-bond donors (Lipinski definition) is 3. The molecule has 1 aromatic rings. The van der Waals surface area contributed by atoms with E-state index in [-0.39, 0.29) is 24.7 Å². The minimum absolute atomic E-state index is 0.0201. The van der Waals surface area contributed by atoms with Gasteiger partial charge in [0.05, 0.1) is 24.2 Å². The first-order valence-electron chi connectivity index (χ1n) is 8.24. The number of aryl methyl sites for hydroxylation is 2. The molecule has 0 saturated carbocycles. The van der Waals surface area contributed by atoms with E-state index < -0.39 is 29.6 Å². The second kappa shape index (κ2) is 5.97. The van der Waals surface area contributed by atoms with Gasteiger partial charge in [-0.3, -0.25) is 9.78 Å². The van der Waals surface area contributed by atoms with Gasteiger partial charge in [0.25, 0.3) is 5.56 Å². The highest BCUT2D eigenvalue weighted by molar-refractivity contribution is 5.81. The number of aliphatic hydroxyl groups excluding tert-OH is 2. The molecule has 9 heteroatoms. The van der Waals surface area contributed by atoms with Gasteiger partial charge in [0.15, 0.2) is 11.5 Å². The minimum atomic E-state index is -1.07. The van der Waals surface area contributed by atoms with Crippen LogP contribution in [0.2, 0.25) is 0 Å². The number of nitrogens with zero attached hydrogens (tertiary/aromatic N) is 3. The highest BCUT2D eigenvalue weighted by atomic mass is 16.5. The summed E-state index contributed by atoms with van der Waals surface area (Å²) in [7, 11) is 0. The number of aromatic amines is 1. The first-order chi connectivity index (χ1) is 12.3. The lowest BCUT2D eigenvalue weighted by Gasteiger charge is -2.22. The van der Waals surface area contributed by atoms with Crippen molar-refractivity contribution in [1.82, 2.24) is 19.5 Å². The maximum atomic E-state index is 12.2. The van der Waals surface area contributed by atoms with Gasteiger partial charge in [-0.05, 0) is 37.1 Å². The Morgan fingerprint density at radius 1 is 1.23 bits per heavy atom. The lowest BCUT2D eigenvalue weighted by molar-refractivity contribution is 0.0158. The Morgan fingerprint density at radius 3 is 2.65 bits per heavy atom. The Bertz CT molecular complexity index is 1090. The van der Waals surface area contributed by atoms with Gasteiger partial charge in [-0.2, -0.15) is 4.98 Å². The minimum Gasteiger partial charge on any atom is -0.388 e. The molecule has 3 aliphatic rings. The third kappa shape index (κ3) is 2.61. The van der Waals surface area contributed by atoms with E-state index in [4.69, 9.17) is 4.74 Å². The van der Waals surface area contributed by atoms with Crippen LogP contribution in [0.1, 0.15) is 11.1 Å². The van der Waals surface area contributed by atoms with Crippen LogP contribution < -0.4 is 11.2 Å². The van der Waals surface area contributed by atoms with Gasteiger partial charge in [-0.15, -0.1) is 0 Å². The van der Waals surface area contributed by atoms with Crippen LogP contribution in [0.3, 0.4) is 0 Å². The zero-order chi connectivity index (χ0) is 18.6. The molecule has 1 aromatic carbocycles. The van der Waals surface area contributed by atoms with Crippen LogP contribution in [-0.4, -0.2) is 54.7 Å². The molecule has 3 aliphatic heterocycles. The fourth-order valence-corrected chi connectivity index (χ4v) is 3.24. The van der Waals surface area contributed by atoms with Crippen molar-refractivity contribution < 1.29 is 14.9 Å². The topological polar surface area (TPSA) is 130 Å². The summed E-state index contributed by atoms with van der Waals surface area (Å²) in [4.78, 5) is 34.4. The molecule has 0 spiro atoms. The van der Waals surface area contributed by atoms with Crippen molar-refractivity contribution in [3.63, 3.8) is 0 Å². The Hall–Kier alpha value is -2.62. The smallest absolute Gasteiger partial charge is 0.349 e. The monoisotopic (exact) mass is 358 g/mol. The molecule has 0 unspecified atom stereocenters. The van der Waals surface area contributed by atoms with Crippen LogP contribution in [0.4, 0.5) is 0 Å². The lowest BCUT2D eigenvalue weighted by atomic mass is 10.1. The second-order valence-electron chi connectivity index (χ2n) is 6.62. The van der Waals surface area contributed by atoms with Crippen LogP contribution in [0, 0.1) is 13.8 Å². The Kier molecular flexibility index (Phi) is 3.87. The van der Waals surface area contributed by atoms with E-state index in [1.807, 2.05) is 26.0 Å². The fraction of sp³-hybridized carbons (Fsp3) is 0.412. The van der Waals surface area contributed by atoms with Gasteiger partial charge in [-0.25, -0.2) is 9.78 Å².